The number of hydrogen-bond donors (Lipinski definition) is 2. The maximum atomic E-state index is 10.6. The first kappa shape index (κ1) is 11.6. The molecule has 13 heavy (non-hydrogen) atoms. The zero-order valence-corrected chi connectivity index (χ0v) is 7.02. The molecule has 0 radical (unpaired) electrons. The Labute approximate surface area is 74.1 Å². The molecule has 6 nitrogen and oxygen atoms in total. The highest BCUT2D eigenvalue weighted by atomic mass is 16.5. The van der Waals surface area contributed by atoms with Crippen molar-refractivity contribution in [2.75, 3.05) is 7.11 Å². The Morgan fingerprint density at radius 3 is 2.08 bits per heavy atom. The number of ether oxygens (including phenoxy) is 1. The number of carbonyl (C=O) groups excluding carboxylic acids is 1. The standard InChI is InChI=1S/C7H10O6/c1-13-7(5(9)10,6(11)12)3-2-4-8/h4H,2-3H2,1H3,(H,9,10)(H,11,12). The van der Waals surface area contributed by atoms with Gasteiger partial charge in [0.2, 0.25) is 0 Å². The Hall–Kier alpha value is -1.43. The molecule has 0 saturated carbocycles. The van der Waals surface area contributed by atoms with Gasteiger partial charge in [0.1, 0.15) is 6.29 Å². The van der Waals surface area contributed by atoms with Crippen LogP contribution in [-0.2, 0) is 19.1 Å². The SMILES string of the molecule is COC(CCC=O)(C(=O)O)C(=O)O. The fraction of sp³-hybridized carbons (Fsp3) is 0.571. The molecule has 0 aromatic heterocycles. The Kier molecular flexibility index (Phi) is 4.06. The van der Waals surface area contributed by atoms with E-state index in [0.717, 1.165) is 7.11 Å². The number of carboxylic acid groups (broad SMARTS) is 2. The molecule has 0 unspecified atom stereocenters. The van der Waals surface area contributed by atoms with Crippen LogP contribution in [0.15, 0.2) is 0 Å². The minimum absolute atomic E-state index is 0.174. The highest BCUT2D eigenvalue weighted by Crippen LogP contribution is 2.17. The number of aliphatic carboxylic acids is 2. The number of aldehydes is 1. The van der Waals surface area contributed by atoms with E-state index in [-0.39, 0.29) is 12.8 Å². The van der Waals surface area contributed by atoms with Crippen LogP contribution in [0, 0.1) is 0 Å². The molecule has 0 aromatic rings. The van der Waals surface area contributed by atoms with Gasteiger partial charge < -0.3 is 19.7 Å². The third-order valence-electron chi connectivity index (χ3n) is 1.65. The lowest BCUT2D eigenvalue weighted by molar-refractivity contribution is -0.180. The van der Waals surface area contributed by atoms with Gasteiger partial charge in [-0.3, -0.25) is 0 Å². The van der Waals surface area contributed by atoms with E-state index in [4.69, 9.17) is 10.2 Å². The molecular formula is C7H10O6. The molecule has 2 N–H and O–H groups in total. The summed E-state index contributed by atoms with van der Waals surface area (Å²) in [4.78, 5) is 31.1. The summed E-state index contributed by atoms with van der Waals surface area (Å²) in [7, 11) is 0.979. The predicted octanol–water partition coefficient (Wildman–Crippen LogP) is -0.480. The van der Waals surface area contributed by atoms with Gasteiger partial charge in [-0.25, -0.2) is 9.59 Å². The van der Waals surface area contributed by atoms with E-state index >= 15 is 0 Å². The molecule has 0 rings (SSSR count). The van der Waals surface area contributed by atoms with Crippen molar-refractivity contribution in [1.29, 1.82) is 0 Å². The smallest absolute Gasteiger partial charge is 0.347 e. The van der Waals surface area contributed by atoms with Crippen molar-refractivity contribution in [2.45, 2.75) is 18.4 Å². The fourth-order valence-corrected chi connectivity index (χ4v) is 0.844. The Morgan fingerprint density at radius 2 is 1.85 bits per heavy atom. The number of carboxylic acids is 2. The van der Waals surface area contributed by atoms with Gasteiger partial charge in [0.05, 0.1) is 0 Å². The molecule has 0 bridgehead atoms. The first-order valence-electron chi connectivity index (χ1n) is 3.47. The van der Waals surface area contributed by atoms with Gasteiger partial charge in [0.15, 0.2) is 0 Å². The lowest BCUT2D eigenvalue weighted by Gasteiger charge is -2.21. The van der Waals surface area contributed by atoms with Crippen LogP contribution in [-0.4, -0.2) is 41.1 Å². The molecule has 6 heteroatoms. The maximum absolute atomic E-state index is 10.6. The third-order valence-corrected chi connectivity index (χ3v) is 1.65. The number of rotatable bonds is 6. The average Bonchev–Trinajstić information content (AvgIpc) is 2.05. The molecule has 0 aromatic carbocycles. The zero-order chi connectivity index (χ0) is 10.5. The lowest BCUT2D eigenvalue weighted by Crippen LogP contribution is -2.48. The van der Waals surface area contributed by atoms with E-state index in [1.54, 1.807) is 0 Å². The second-order valence-electron chi connectivity index (χ2n) is 2.35. The molecule has 0 aliphatic rings. The summed E-state index contributed by atoms with van der Waals surface area (Å²) in [5, 5.41) is 17.2. The van der Waals surface area contributed by atoms with Crippen molar-refractivity contribution in [2.24, 2.45) is 0 Å². The van der Waals surface area contributed by atoms with Crippen molar-refractivity contribution in [3.05, 3.63) is 0 Å². The van der Waals surface area contributed by atoms with Crippen LogP contribution in [0.3, 0.4) is 0 Å². The van der Waals surface area contributed by atoms with E-state index in [2.05, 4.69) is 4.74 Å². The lowest BCUT2D eigenvalue weighted by atomic mass is 9.98. The van der Waals surface area contributed by atoms with E-state index in [9.17, 15) is 14.4 Å². The van der Waals surface area contributed by atoms with Crippen LogP contribution < -0.4 is 0 Å². The predicted molar refractivity (Wildman–Crippen MR) is 40.3 cm³/mol. The molecule has 0 amide bonds. The number of hydrogen-bond acceptors (Lipinski definition) is 4. The summed E-state index contributed by atoms with van der Waals surface area (Å²) in [6.07, 6.45) is -0.107. The van der Waals surface area contributed by atoms with E-state index in [0.29, 0.717) is 6.29 Å². The Balaban J connectivity index is 4.75. The number of methoxy groups -OCH3 is 1. The summed E-state index contributed by atoms with van der Waals surface area (Å²) in [6, 6.07) is 0. The van der Waals surface area contributed by atoms with Gasteiger partial charge in [-0.15, -0.1) is 0 Å². The topological polar surface area (TPSA) is 101 Å². The van der Waals surface area contributed by atoms with Gasteiger partial charge >= 0.3 is 11.9 Å². The van der Waals surface area contributed by atoms with Crippen LogP contribution in [0.1, 0.15) is 12.8 Å². The molecule has 0 spiro atoms. The minimum Gasteiger partial charge on any atom is -0.479 e. The quantitative estimate of drug-likeness (QED) is 0.433. The van der Waals surface area contributed by atoms with Crippen molar-refractivity contribution in [3.8, 4) is 0 Å². The summed E-state index contributed by atoms with van der Waals surface area (Å²) in [5.74, 6) is -3.21. The van der Waals surface area contributed by atoms with E-state index in [1.807, 2.05) is 0 Å². The van der Waals surface area contributed by atoms with Gasteiger partial charge in [-0.1, -0.05) is 0 Å². The normalized spacial score (nSPS) is 10.8. The summed E-state index contributed by atoms with van der Waals surface area (Å²) in [6.45, 7) is 0. The van der Waals surface area contributed by atoms with E-state index in [1.165, 1.54) is 0 Å². The number of carbonyl (C=O) groups is 3. The first-order chi connectivity index (χ1) is 6.01. The molecule has 0 aliphatic carbocycles. The van der Waals surface area contributed by atoms with Crippen LogP contribution >= 0.6 is 0 Å². The highest BCUT2D eigenvalue weighted by Gasteiger charge is 2.46. The van der Waals surface area contributed by atoms with E-state index < -0.39 is 17.5 Å². The minimum atomic E-state index is -2.30. The van der Waals surface area contributed by atoms with Crippen LogP contribution in [0.2, 0.25) is 0 Å². The summed E-state index contributed by atoms with van der Waals surface area (Å²) in [5.41, 5.74) is -2.30. The monoisotopic (exact) mass is 190 g/mol. The molecular weight excluding hydrogens is 180 g/mol. The van der Waals surface area contributed by atoms with Crippen LogP contribution in [0.5, 0.6) is 0 Å². The highest BCUT2D eigenvalue weighted by molar-refractivity contribution is 6.02. The second-order valence-corrected chi connectivity index (χ2v) is 2.35. The molecule has 74 valence electrons. The van der Waals surface area contributed by atoms with Gasteiger partial charge in [-0.2, -0.15) is 0 Å². The first-order valence-corrected chi connectivity index (χ1v) is 3.47. The van der Waals surface area contributed by atoms with Crippen molar-refractivity contribution >= 4 is 18.2 Å². The zero-order valence-electron chi connectivity index (χ0n) is 7.02. The fourth-order valence-electron chi connectivity index (χ4n) is 0.844. The second kappa shape index (κ2) is 4.56. The van der Waals surface area contributed by atoms with Gasteiger partial charge in [0.25, 0.3) is 5.60 Å². The molecule has 0 aliphatic heterocycles. The van der Waals surface area contributed by atoms with Gasteiger partial charge in [0, 0.05) is 20.0 Å². The van der Waals surface area contributed by atoms with Gasteiger partial charge in [-0.05, 0) is 0 Å². The van der Waals surface area contributed by atoms with Crippen molar-refractivity contribution in [1.82, 2.24) is 0 Å². The molecule has 0 heterocycles. The van der Waals surface area contributed by atoms with Crippen LogP contribution in [0.4, 0.5) is 0 Å². The third kappa shape index (κ3) is 2.25. The molecule has 0 atom stereocenters. The molecule has 0 saturated heterocycles. The van der Waals surface area contributed by atoms with Crippen LogP contribution in [0.25, 0.3) is 0 Å². The van der Waals surface area contributed by atoms with Crippen molar-refractivity contribution in [3.63, 3.8) is 0 Å². The van der Waals surface area contributed by atoms with Crippen molar-refractivity contribution < 1.29 is 29.3 Å². The largest absolute Gasteiger partial charge is 0.479 e. The Bertz CT molecular complexity index is 207. The maximum Gasteiger partial charge on any atom is 0.347 e. The Morgan fingerprint density at radius 1 is 1.38 bits per heavy atom. The summed E-state index contributed by atoms with van der Waals surface area (Å²) < 4.78 is 4.40. The summed E-state index contributed by atoms with van der Waals surface area (Å²) >= 11 is 0. The molecule has 0 fully saturated rings. The average molecular weight is 190 g/mol.